The second kappa shape index (κ2) is 7.08. The monoisotopic (exact) mass is 306 g/mol. The summed E-state index contributed by atoms with van der Waals surface area (Å²) in [5.74, 6) is 1.18. The quantitative estimate of drug-likeness (QED) is 0.890. The van der Waals surface area contributed by atoms with E-state index in [1.807, 2.05) is 38.1 Å². The molecule has 0 fully saturated rings. The van der Waals surface area contributed by atoms with Crippen LogP contribution in [0.1, 0.15) is 17.0 Å². The summed E-state index contributed by atoms with van der Waals surface area (Å²) in [7, 11) is 1.59. The van der Waals surface area contributed by atoms with E-state index in [1.54, 1.807) is 7.11 Å². The maximum Gasteiger partial charge on any atom is 0.229 e. The molecule has 1 aromatic heterocycles. The fraction of sp³-hybridized carbons (Fsp3) is 0.333. The molecule has 6 heteroatoms. The molecule has 1 N–H and O–H groups in total. The number of anilines is 1. The molecule has 0 spiro atoms. The van der Waals surface area contributed by atoms with Crippen LogP contribution in [0.15, 0.2) is 24.3 Å². The third-order valence-corrected chi connectivity index (χ3v) is 3.92. The molecule has 0 bridgehead atoms. The van der Waals surface area contributed by atoms with Gasteiger partial charge in [-0.15, -0.1) is 11.3 Å². The number of aryl methyl sites for hydroxylation is 2. The first-order chi connectivity index (χ1) is 10.1. The van der Waals surface area contributed by atoms with Crippen molar-refractivity contribution in [2.75, 3.05) is 19.0 Å². The largest absolute Gasteiger partial charge is 0.493 e. The van der Waals surface area contributed by atoms with Gasteiger partial charge in [-0.05, 0) is 26.0 Å². The molecule has 1 amide bonds. The summed E-state index contributed by atoms with van der Waals surface area (Å²) in [5, 5.41) is 3.41. The summed E-state index contributed by atoms with van der Waals surface area (Å²) in [6.45, 7) is 4.19. The highest BCUT2D eigenvalue weighted by Crippen LogP contribution is 2.26. The van der Waals surface area contributed by atoms with Crippen LogP contribution < -0.4 is 14.8 Å². The van der Waals surface area contributed by atoms with Crippen molar-refractivity contribution in [1.82, 2.24) is 4.98 Å². The van der Waals surface area contributed by atoms with Crippen molar-refractivity contribution in [1.29, 1.82) is 0 Å². The van der Waals surface area contributed by atoms with E-state index >= 15 is 0 Å². The molecule has 0 radical (unpaired) electrons. The number of hydrogen-bond donors (Lipinski definition) is 1. The van der Waals surface area contributed by atoms with Crippen LogP contribution in [0.3, 0.4) is 0 Å². The van der Waals surface area contributed by atoms with E-state index in [2.05, 4.69) is 10.3 Å². The topological polar surface area (TPSA) is 60.5 Å². The number of nitrogens with zero attached hydrogens (tertiary/aromatic N) is 1. The number of aromatic nitrogens is 1. The van der Waals surface area contributed by atoms with Gasteiger partial charge in [0.25, 0.3) is 0 Å². The van der Waals surface area contributed by atoms with E-state index in [9.17, 15) is 4.79 Å². The van der Waals surface area contributed by atoms with Crippen LogP contribution in [0.5, 0.6) is 11.5 Å². The lowest BCUT2D eigenvalue weighted by Gasteiger charge is -2.09. The highest BCUT2D eigenvalue weighted by Gasteiger charge is 2.09. The van der Waals surface area contributed by atoms with Crippen LogP contribution in [0.4, 0.5) is 5.13 Å². The highest BCUT2D eigenvalue weighted by molar-refractivity contribution is 7.15. The maximum absolute atomic E-state index is 11.8. The van der Waals surface area contributed by atoms with E-state index in [0.717, 1.165) is 10.6 Å². The second-order valence-electron chi connectivity index (χ2n) is 4.46. The third-order valence-electron chi connectivity index (χ3n) is 2.93. The normalized spacial score (nSPS) is 10.2. The Morgan fingerprint density at radius 3 is 2.62 bits per heavy atom. The summed E-state index contributed by atoms with van der Waals surface area (Å²) in [6.07, 6.45) is 0.260. The van der Waals surface area contributed by atoms with Gasteiger partial charge < -0.3 is 14.8 Å². The maximum atomic E-state index is 11.8. The molecule has 5 nitrogen and oxygen atoms in total. The lowest BCUT2D eigenvalue weighted by molar-refractivity contribution is -0.116. The molecule has 112 valence electrons. The zero-order valence-corrected chi connectivity index (χ0v) is 13.1. The summed E-state index contributed by atoms with van der Waals surface area (Å²) in [4.78, 5) is 17.2. The van der Waals surface area contributed by atoms with Crippen LogP contribution >= 0.6 is 11.3 Å². The third kappa shape index (κ3) is 4.19. The average Bonchev–Trinajstić information content (AvgIpc) is 2.77. The molecule has 2 aromatic rings. The Hall–Kier alpha value is -2.08. The number of benzene rings is 1. The van der Waals surface area contributed by atoms with Gasteiger partial charge in [0.05, 0.1) is 25.8 Å². The summed E-state index contributed by atoms with van der Waals surface area (Å²) in [6, 6.07) is 7.35. The SMILES string of the molecule is COc1ccccc1OCCC(=O)Nc1nc(C)c(C)s1. The van der Waals surface area contributed by atoms with Crippen LogP contribution in [-0.4, -0.2) is 24.6 Å². The predicted octanol–water partition coefficient (Wildman–Crippen LogP) is 3.18. The predicted molar refractivity (Wildman–Crippen MR) is 83.3 cm³/mol. The van der Waals surface area contributed by atoms with Gasteiger partial charge in [-0.25, -0.2) is 4.98 Å². The van der Waals surface area contributed by atoms with E-state index in [0.29, 0.717) is 16.6 Å². The first kappa shape index (κ1) is 15.3. The minimum absolute atomic E-state index is 0.112. The number of thiazole rings is 1. The zero-order chi connectivity index (χ0) is 15.2. The first-order valence-electron chi connectivity index (χ1n) is 6.60. The molecule has 21 heavy (non-hydrogen) atoms. The smallest absolute Gasteiger partial charge is 0.229 e. The Labute approximate surface area is 127 Å². The van der Waals surface area contributed by atoms with E-state index in [-0.39, 0.29) is 18.9 Å². The number of carbonyl (C=O) groups excluding carboxylic acids is 1. The molecule has 0 atom stereocenters. The Bertz CT molecular complexity index is 606. The van der Waals surface area contributed by atoms with E-state index in [1.165, 1.54) is 11.3 Å². The van der Waals surface area contributed by atoms with Gasteiger partial charge in [0.15, 0.2) is 16.6 Å². The molecule has 0 saturated heterocycles. The fourth-order valence-corrected chi connectivity index (χ4v) is 2.53. The minimum Gasteiger partial charge on any atom is -0.493 e. The fourth-order valence-electron chi connectivity index (χ4n) is 1.70. The Morgan fingerprint density at radius 1 is 1.29 bits per heavy atom. The summed E-state index contributed by atoms with van der Waals surface area (Å²) >= 11 is 1.47. The number of hydrogen-bond acceptors (Lipinski definition) is 5. The van der Waals surface area contributed by atoms with Crippen molar-refractivity contribution in [3.63, 3.8) is 0 Å². The van der Waals surface area contributed by atoms with Gasteiger partial charge in [-0.3, -0.25) is 4.79 Å². The summed E-state index contributed by atoms with van der Waals surface area (Å²) in [5.41, 5.74) is 0.945. The van der Waals surface area contributed by atoms with Crippen molar-refractivity contribution in [3.05, 3.63) is 34.8 Å². The van der Waals surface area contributed by atoms with Gasteiger partial charge >= 0.3 is 0 Å². The molecule has 0 aliphatic carbocycles. The van der Waals surface area contributed by atoms with Gasteiger partial charge in [0.2, 0.25) is 5.91 Å². The number of carbonyl (C=O) groups is 1. The zero-order valence-electron chi connectivity index (χ0n) is 12.3. The van der Waals surface area contributed by atoms with Crippen LogP contribution in [0, 0.1) is 13.8 Å². The van der Waals surface area contributed by atoms with Crippen LogP contribution in [0.2, 0.25) is 0 Å². The van der Waals surface area contributed by atoms with Gasteiger partial charge in [-0.1, -0.05) is 12.1 Å². The number of rotatable bonds is 6. The standard InChI is InChI=1S/C15H18N2O3S/c1-10-11(2)21-15(16-10)17-14(18)8-9-20-13-7-5-4-6-12(13)19-3/h4-7H,8-9H2,1-3H3,(H,16,17,18). The molecule has 1 aromatic carbocycles. The number of methoxy groups -OCH3 is 1. The molecular formula is C15H18N2O3S. The molecule has 1 heterocycles. The van der Waals surface area contributed by atoms with E-state index in [4.69, 9.17) is 9.47 Å². The lowest BCUT2D eigenvalue weighted by atomic mass is 10.3. The van der Waals surface area contributed by atoms with Crippen molar-refractivity contribution in [2.45, 2.75) is 20.3 Å². The molecular weight excluding hydrogens is 288 g/mol. The molecule has 0 saturated carbocycles. The second-order valence-corrected chi connectivity index (χ2v) is 5.66. The number of nitrogens with one attached hydrogen (secondary N) is 1. The van der Waals surface area contributed by atoms with Crippen molar-refractivity contribution in [3.8, 4) is 11.5 Å². The summed E-state index contributed by atoms with van der Waals surface area (Å²) < 4.78 is 10.7. The number of amides is 1. The van der Waals surface area contributed by atoms with Gasteiger partial charge in [0.1, 0.15) is 0 Å². The Balaban J connectivity index is 1.81. The molecule has 0 aliphatic heterocycles. The van der Waals surface area contributed by atoms with Crippen LogP contribution in [0.25, 0.3) is 0 Å². The number of ether oxygens (including phenoxy) is 2. The van der Waals surface area contributed by atoms with Crippen molar-refractivity contribution >= 4 is 22.4 Å². The van der Waals surface area contributed by atoms with Gasteiger partial charge in [0, 0.05) is 4.88 Å². The number of para-hydroxylation sites is 2. The van der Waals surface area contributed by atoms with E-state index < -0.39 is 0 Å². The minimum atomic E-state index is -0.112. The Kier molecular flexibility index (Phi) is 5.16. The van der Waals surface area contributed by atoms with Crippen molar-refractivity contribution < 1.29 is 14.3 Å². The lowest BCUT2D eigenvalue weighted by Crippen LogP contribution is -2.15. The molecule has 0 aliphatic rings. The molecule has 2 rings (SSSR count). The van der Waals surface area contributed by atoms with Gasteiger partial charge in [-0.2, -0.15) is 0 Å². The van der Waals surface area contributed by atoms with Crippen LogP contribution in [-0.2, 0) is 4.79 Å². The molecule has 0 unspecified atom stereocenters. The first-order valence-corrected chi connectivity index (χ1v) is 7.41. The van der Waals surface area contributed by atoms with Crippen molar-refractivity contribution in [2.24, 2.45) is 0 Å². The highest BCUT2D eigenvalue weighted by atomic mass is 32.1. The average molecular weight is 306 g/mol. The Morgan fingerprint density at radius 2 is 2.00 bits per heavy atom.